The quantitative estimate of drug-likeness (QED) is 0.0881. The number of anilines is 3. The van der Waals surface area contributed by atoms with Gasteiger partial charge in [0.2, 0.25) is 5.78 Å². The molecule has 6 N–H and O–H groups in total. The van der Waals surface area contributed by atoms with Crippen molar-refractivity contribution in [2.75, 3.05) is 22.5 Å². The number of ketones is 3. The number of para-hydroxylation sites is 3. The molecule has 0 fully saturated rings. The van der Waals surface area contributed by atoms with Crippen molar-refractivity contribution in [3.8, 4) is 0 Å². The van der Waals surface area contributed by atoms with Crippen LogP contribution in [-0.4, -0.2) is 63.2 Å². The number of carboxylic acids is 3. The van der Waals surface area contributed by atoms with Crippen LogP contribution in [0, 0.1) is 0 Å². The van der Waals surface area contributed by atoms with E-state index >= 15 is 0 Å². The number of allylic oxidation sites excluding steroid dienone is 2. The number of fused-ring (bicyclic) bond motifs is 3. The summed E-state index contributed by atoms with van der Waals surface area (Å²) < 4.78 is 0. The maximum atomic E-state index is 12.4. The molecule has 0 bridgehead atoms. The summed E-state index contributed by atoms with van der Waals surface area (Å²) in [6.45, 7) is -0.301. The zero-order chi connectivity index (χ0) is 33.7. The van der Waals surface area contributed by atoms with Crippen LogP contribution in [0.3, 0.4) is 0 Å². The van der Waals surface area contributed by atoms with Gasteiger partial charge in [0.1, 0.15) is 6.54 Å². The summed E-state index contributed by atoms with van der Waals surface area (Å²) in [5.41, 5.74) is 5.55. The standard InChI is InChI=1S/C17H11NO2.C9H9NO4.C9H7NO3.HI/c19-16-11-6-2-1-5-10(11)9-13(16)15-17(20)12-7-3-4-8-14(12)18-15;11-8(12)5-10-7-4-2-1-3-6(7)9(13)14;11-8-5-3-1-2-4-6(5)10-7(8)9(12)13;/h1-8,18H,9H2;1-4,10H,5H2,(H,11,12)(H,13,14);1-4,7,10H,(H,12,13);1H/b15-13-;;;. The summed E-state index contributed by atoms with van der Waals surface area (Å²) in [4.78, 5) is 67.8. The molecule has 3 aliphatic rings. The molecule has 48 heavy (non-hydrogen) atoms. The van der Waals surface area contributed by atoms with E-state index in [4.69, 9.17) is 15.3 Å². The Bertz CT molecular complexity index is 1920. The van der Waals surface area contributed by atoms with Gasteiger partial charge in [-0.1, -0.05) is 60.7 Å². The number of carbonyl (C=O) groups excluding carboxylic acids is 3. The summed E-state index contributed by atoms with van der Waals surface area (Å²) in [7, 11) is 0. The Balaban J connectivity index is 0.000000167. The third kappa shape index (κ3) is 7.41. The number of aliphatic carboxylic acids is 2. The fourth-order valence-electron chi connectivity index (χ4n) is 5.23. The van der Waals surface area contributed by atoms with Crippen molar-refractivity contribution in [2.45, 2.75) is 12.5 Å². The predicted molar refractivity (Wildman–Crippen MR) is 187 cm³/mol. The number of Topliss-reactive ketones (excluding diaryl/α,β-unsaturated/α-hetero) is 3. The van der Waals surface area contributed by atoms with Crippen LogP contribution in [0.4, 0.5) is 17.1 Å². The van der Waals surface area contributed by atoms with Gasteiger partial charge >= 0.3 is 17.9 Å². The highest BCUT2D eigenvalue weighted by molar-refractivity contribution is 14.0. The summed E-state index contributed by atoms with van der Waals surface area (Å²) in [5.74, 6) is -3.76. The maximum Gasteiger partial charge on any atom is 0.337 e. The predicted octanol–water partition coefficient (Wildman–Crippen LogP) is 5.24. The van der Waals surface area contributed by atoms with E-state index in [0.717, 1.165) is 11.3 Å². The molecule has 13 heteroatoms. The highest BCUT2D eigenvalue weighted by Crippen LogP contribution is 2.34. The van der Waals surface area contributed by atoms with Crippen LogP contribution in [0.5, 0.6) is 0 Å². The second-order valence-corrected chi connectivity index (χ2v) is 10.4. The van der Waals surface area contributed by atoms with Crippen molar-refractivity contribution in [3.05, 3.63) is 136 Å². The van der Waals surface area contributed by atoms with Crippen molar-refractivity contribution in [2.24, 2.45) is 0 Å². The lowest BCUT2D eigenvalue weighted by Crippen LogP contribution is -2.31. The van der Waals surface area contributed by atoms with Crippen LogP contribution in [0.15, 0.2) is 108 Å². The topological polar surface area (TPSA) is 199 Å². The van der Waals surface area contributed by atoms with E-state index < -0.39 is 23.9 Å². The van der Waals surface area contributed by atoms with Gasteiger partial charge in [-0.3, -0.25) is 19.2 Å². The Labute approximate surface area is 290 Å². The van der Waals surface area contributed by atoms with Crippen LogP contribution in [0.1, 0.15) is 47.0 Å². The van der Waals surface area contributed by atoms with E-state index in [-0.39, 0.29) is 53.4 Å². The molecule has 4 aromatic rings. The van der Waals surface area contributed by atoms with Crippen molar-refractivity contribution in [1.29, 1.82) is 0 Å². The summed E-state index contributed by atoms with van der Waals surface area (Å²) in [5, 5.41) is 34.1. The number of halogens is 1. The van der Waals surface area contributed by atoms with Crippen LogP contribution in [0.2, 0.25) is 0 Å². The normalized spacial score (nSPS) is 16.2. The Morgan fingerprint density at radius 2 is 1.29 bits per heavy atom. The fourth-order valence-corrected chi connectivity index (χ4v) is 5.23. The van der Waals surface area contributed by atoms with Crippen LogP contribution >= 0.6 is 24.0 Å². The molecule has 7 rings (SSSR count). The average molecular weight is 762 g/mol. The van der Waals surface area contributed by atoms with E-state index in [9.17, 15) is 28.8 Å². The zero-order valence-corrected chi connectivity index (χ0v) is 27.3. The molecule has 0 saturated carbocycles. The molecule has 244 valence electrons. The molecule has 2 heterocycles. The van der Waals surface area contributed by atoms with Gasteiger partial charge < -0.3 is 31.3 Å². The molecule has 0 saturated heterocycles. The van der Waals surface area contributed by atoms with Gasteiger partial charge in [-0.2, -0.15) is 0 Å². The first kappa shape index (κ1) is 35.0. The van der Waals surface area contributed by atoms with E-state index in [1.54, 1.807) is 42.5 Å². The van der Waals surface area contributed by atoms with Gasteiger partial charge in [0.15, 0.2) is 17.6 Å². The van der Waals surface area contributed by atoms with Gasteiger partial charge in [-0.25, -0.2) is 9.59 Å². The molecule has 0 spiro atoms. The molecule has 0 aromatic heterocycles. The Morgan fingerprint density at radius 1 is 0.708 bits per heavy atom. The van der Waals surface area contributed by atoms with Crippen LogP contribution in [0.25, 0.3) is 0 Å². The number of aromatic carboxylic acids is 1. The first-order chi connectivity index (χ1) is 22.6. The molecule has 0 amide bonds. The lowest BCUT2D eigenvalue weighted by Gasteiger charge is -2.06. The largest absolute Gasteiger partial charge is 0.480 e. The molecular weight excluding hydrogens is 733 g/mol. The highest BCUT2D eigenvalue weighted by atomic mass is 127. The summed E-state index contributed by atoms with van der Waals surface area (Å²) in [6, 6.07) is 26.7. The van der Waals surface area contributed by atoms with Crippen LogP contribution < -0.4 is 16.0 Å². The van der Waals surface area contributed by atoms with E-state index in [2.05, 4.69) is 16.0 Å². The van der Waals surface area contributed by atoms with Gasteiger partial charge in [0.05, 0.1) is 11.3 Å². The molecule has 1 unspecified atom stereocenters. The van der Waals surface area contributed by atoms with Crippen LogP contribution in [-0.2, 0) is 16.0 Å². The molecule has 1 aliphatic carbocycles. The summed E-state index contributed by atoms with van der Waals surface area (Å²) in [6.07, 6.45) is 0.525. The summed E-state index contributed by atoms with van der Waals surface area (Å²) >= 11 is 0. The second-order valence-electron chi connectivity index (χ2n) is 10.4. The molecule has 4 aromatic carbocycles. The molecule has 2 aliphatic heterocycles. The van der Waals surface area contributed by atoms with Crippen molar-refractivity contribution < 1.29 is 44.1 Å². The second kappa shape index (κ2) is 15.2. The first-order valence-corrected chi connectivity index (χ1v) is 14.2. The molecule has 12 nitrogen and oxygen atoms in total. The minimum Gasteiger partial charge on any atom is -0.480 e. The van der Waals surface area contributed by atoms with E-state index in [1.807, 2.05) is 42.5 Å². The molecular formula is C35H28IN3O9. The third-order valence-corrected chi connectivity index (χ3v) is 7.45. The molecule has 1 atom stereocenters. The minimum absolute atomic E-state index is 0. The number of benzene rings is 4. The number of carboxylic acid groups (broad SMARTS) is 3. The third-order valence-electron chi connectivity index (χ3n) is 7.45. The molecule has 0 radical (unpaired) electrons. The van der Waals surface area contributed by atoms with Gasteiger partial charge in [0.25, 0.3) is 0 Å². The monoisotopic (exact) mass is 761 g/mol. The van der Waals surface area contributed by atoms with Gasteiger partial charge in [0, 0.05) is 45.7 Å². The van der Waals surface area contributed by atoms with Crippen molar-refractivity contribution >= 4 is 76.3 Å². The minimum atomic E-state index is -1.14. The van der Waals surface area contributed by atoms with Crippen molar-refractivity contribution in [3.63, 3.8) is 0 Å². The number of rotatable bonds is 5. The average Bonchev–Trinajstić information content (AvgIpc) is 3.71. The Morgan fingerprint density at radius 3 is 1.90 bits per heavy atom. The van der Waals surface area contributed by atoms with Gasteiger partial charge in [-0.05, 0) is 42.0 Å². The fraction of sp³-hybridized carbons (Fsp3) is 0.0857. The SMILES string of the molecule is I.O=C(O)C1Nc2ccccc2C1=O.O=C(O)CNc1ccccc1C(=O)O.O=C1/C(=C2\Nc3ccccc3C2=O)Cc2ccccc21. The first-order valence-electron chi connectivity index (χ1n) is 14.2. The number of carbonyl (C=O) groups is 6. The lowest BCUT2D eigenvalue weighted by atomic mass is 10.1. The number of hydrogen-bond donors (Lipinski definition) is 6. The number of hydrogen-bond acceptors (Lipinski definition) is 9. The smallest absolute Gasteiger partial charge is 0.337 e. The maximum absolute atomic E-state index is 12.4. The highest BCUT2D eigenvalue weighted by Gasteiger charge is 2.35. The Hall–Kier alpha value is -5.83. The van der Waals surface area contributed by atoms with E-state index in [1.165, 1.54) is 12.1 Å². The van der Waals surface area contributed by atoms with Gasteiger partial charge in [-0.15, -0.1) is 24.0 Å². The Kier molecular flexibility index (Phi) is 11.1. The zero-order valence-electron chi connectivity index (χ0n) is 24.9. The van der Waals surface area contributed by atoms with Crippen molar-refractivity contribution in [1.82, 2.24) is 0 Å². The van der Waals surface area contributed by atoms with E-state index in [0.29, 0.717) is 45.8 Å². The lowest BCUT2D eigenvalue weighted by molar-refractivity contribution is -0.137. The number of nitrogens with one attached hydrogen (secondary N) is 3.